The van der Waals surface area contributed by atoms with Crippen LogP contribution in [0.1, 0.15) is 11.1 Å². The number of hydrogen-bond donors (Lipinski definition) is 1. The van der Waals surface area contributed by atoms with Gasteiger partial charge in [-0.25, -0.2) is 0 Å². The van der Waals surface area contributed by atoms with Crippen molar-refractivity contribution in [3.05, 3.63) is 77.9 Å². The van der Waals surface area contributed by atoms with Crippen LogP contribution in [0.15, 0.2) is 71.9 Å². The van der Waals surface area contributed by atoms with Crippen LogP contribution in [0.3, 0.4) is 0 Å². The summed E-state index contributed by atoms with van der Waals surface area (Å²) in [6.45, 7) is -0.206. The first-order valence-electron chi connectivity index (χ1n) is 9.12. The largest absolute Gasteiger partial charge is 0.493 e. The number of methoxy groups -OCH3 is 2. The number of rotatable bonds is 6. The van der Waals surface area contributed by atoms with Gasteiger partial charge in [-0.05, 0) is 23.3 Å². The molecule has 0 fully saturated rings. The molecule has 6 nitrogen and oxygen atoms in total. The van der Waals surface area contributed by atoms with E-state index < -0.39 is 0 Å². The van der Waals surface area contributed by atoms with Crippen molar-refractivity contribution in [1.29, 1.82) is 0 Å². The van der Waals surface area contributed by atoms with Gasteiger partial charge < -0.3 is 19.6 Å². The zero-order chi connectivity index (χ0) is 20.2. The van der Waals surface area contributed by atoms with Crippen molar-refractivity contribution in [3.8, 4) is 22.6 Å². The number of amides is 1. The molecule has 29 heavy (non-hydrogen) atoms. The molecule has 0 radical (unpaired) electrons. The second kappa shape index (κ2) is 8.06. The maximum atomic E-state index is 12.3. The highest BCUT2D eigenvalue weighted by atomic mass is 16.6. The molecule has 0 bridgehead atoms. The molecule has 0 unspecified atom stereocenters. The Morgan fingerprint density at radius 1 is 0.828 bits per heavy atom. The van der Waals surface area contributed by atoms with Crippen LogP contribution in [0.2, 0.25) is 0 Å². The molecule has 0 spiro atoms. The molecule has 146 valence electrons. The minimum atomic E-state index is -0.318. The van der Waals surface area contributed by atoms with E-state index in [4.69, 9.17) is 14.3 Å². The number of carbonyl (C=O) groups is 1. The number of ether oxygens (including phenoxy) is 2. The Kier molecular flexibility index (Phi) is 5.16. The highest BCUT2D eigenvalue weighted by molar-refractivity contribution is 6.24. The predicted octanol–water partition coefficient (Wildman–Crippen LogP) is 4.09. The number of hydrogen-bond acceptors (Lipinski definition) is 5. The van der Waals surface area contributed by atoms with E-state index in [1.807, 2.05) is 36.4 Å². The second-order valence-corrected chi connectivity index (χ2v) is 6.42. The van der Waals surface area contributed by atoms with Gasteiger partial charge in [-0.2, -0.15) is 0 Å². The zero-order valence-corrected chi connectivity index (χ0v) is 16.1. The van der Waals surface area contributed by atoms with E-state index in [1.54, 1.807) is 32.4 Å². The topological polar surface area (TPSA) is 69.2 Å². The van der Waals surface area contributed by atoms with Crippen molar-refractivity contribution < 1.29 is 19.1 Å². The summed E-state index contributed by atoms with van der Waals surface area (Å²) >= 11 is 0. The second-order valence-electron chi connectivity index (χ2n) is 6.42. The minimum Gasteiger partial charge on any atom is -0.493 e. The molecular weight excluding hydrogens is 368 g/mol. The fraction of sp³-hybridized carbons (Fsp3) is 0.130. The molecule has 0 atom stereocenters. The Labute approximate surface area is 168 Å². The van der Waals surface area contributed by atoms with E-state index in [1.165, 1.54) is 0 Å². The lowest BCUT2D eigenvalue weighted by Crippen LogP contribution is -2.17. The van der Waals surface area contributed by atoms with Crippen LogP contribution < -0.4 is 14.8 Å². The standard InChI is InChI=1S/C23H20N2O4/c1-27-20-12-11-15(13-21(20)28-2)24-22(26)14-29-25-23-18-9-5-3-7-16(18)17-8-4-6-10-19(17)23/h3-13H,14H2,1-2H3,(H,24,26). The van der Waals surface area contributed by atoms with Crippen LogP contribution in [-0.4, -0.2) is 32.4 Å². The first kappa shape index (κ1) is 18.6. The number of oxime groups is 1. The Hall–Kier alpha value is -3.80. The summed E-state index contributed by atoms with van der Waals surface area (Å²) in [6.07, 6.45) is 0. The van der Waals surface area contributed by atoms with Gasteiger partial charge in [0.25, 0.3) is 5.91 Å². The molecule has 3 aromatic rings. The number of anilines is 1. The van der Waals surface area contributed by atoms with E-state index in [-0.39, 0.29) is 12.5 Å². The number of benzene rings is 3. The van der Waals surface area contributed by atoms with E-state index in [0.717, 1.165) is 28.0 Å². The first-order chi connectivity index (χ1) is 14.2. The molecular formula is C23H20N2O4. The summed E-state index contributed by atoms with van der Waals surface area (Å²) in [5.74, 6) is 0.804. The average Bonchev–Trinajstić information content (AvgIpc) is 3.08. The van der Waals surface area contributed by atoms with Gasteiger partial charge in [0.1, 0.15) is 5.71 Å². The summed E-state index contributed by atoms with van der Waals surface area (Å²) in [5, 5.41) is 7.02. The van der Waals surface area contributed by atoms with Gasteiger partial charge in [-0.15, -0.1) is 0 Å². The molecule has 6 heteroatoms. The van der Waals surface area contributed by atoms with Crippen molar-refractivity contribution >= 4 is 17.3 Å². The summed E-state index contributed by atoms with van der Waals surface area (Å²) in [5.41, 5.74) is 5.53. The third kappa shape index (κ3) is 3.65. The Bertz CT molecular complexity index is 1040. The minimum absolute atomic E-state index is 0.206. The molecule has 1 aliphatic rings. The van der Waals surface area contributed by atoms with Crippen molar-refractivity contribution in [3.63, 3.8) is 0 Å². The third-order valence-corrected chi connectivity index (χ3v) is 4.67. The maximum Gasteiger partial charge on any atom is 0.265 e. The molecule has 1 aliphatic carbocycles. The van der Waals surface area contributed by atoms with Crippen LogP contribution >= 0.6 is 0 Å². The average molecular weight is 388 g/mol. The molecule has 1 N–H and O–H groups in total. The summed E-state index contributed by atoms with van der Waals surface area (Å²) < 4.78 is 10.4. The number of nitrogens with zero attached hydrogens (tertiary/aromatic N) is 1. The van der Waals surface area contributed by atoms with Crippen molar-refractivity contribution in [2.24, 2.45) is 5.16 Å². The maximum absolute atomic E-state index is 12.3. The van der Waals surface area contributed by atoms with Crippen LogP contribution in [0.5, 0.6) is 11.5 Å². The summed E-state index contributed by atoms with van der Waals surface area (Å²) in [6, 6.07) is 21.2. The molecule has 4 rings (SSSR count). The van der Waals surface area contributed by atoms with E-state index in [0.29, 0.717) is 17.2 Å². The lowest BCUT2D eigenvalue weighted by molar-refractivity contribution is -0.120. The van der Waals surface area contributed by atoms with Crippen LogP contribution in [0.25, 0.3) is 11.1 Å². The monoisotopic (exact) mass is 388 g/mol. The molecule has 0 saturated carbocycles. The van der Waals surface area contributed by atoms with Gasteiger partial charge >= 0.3 is 0 Å². The molecule has 0 aromatic heterocycles. The van der Waals surface area contributed by atoms with Crippen molar-refractivity contribution in [2.45, 2.75) is 0 Å². The zero-order valence-electron chi connectivity index (χ0n) is 16.1. The van der Waals surface area contributed by atoms with E-state index in [2.05, 4.69) is 22.6 Å². The van der Waals surface area contributed by atoms with Gasteiger partial charge in [-0.3, -0.25) is 4.79 Å². The molecule has 3 aromatic carbocycles. The first-order valence-corrected chi connectivity index (χ1v) is 9.12. The summed E-state index contributed by atoms with van der Waals surface area (Å²) in [4.78, 5) is 17.6. The summed E-state index contributed by atoms with van der Waals surface area (Å²) in [7, 11) is 3.10. The van der Waals surface area contributed by atoms with Crippen molar-refractivity contribution in [2.75, 3.05) is 26.1 Å². The number of carbonyl (C=O) groups excluding carboxylic acids is 1. The predicted molar refractivity (Wildman–Crippen MR) is 112 cm³/mol. The molecule has 0 saturated heterocycles. The van der Waals surface area contributed by atoms with E-state index in [9.17, 15) is 4.79 Å². The smallest absolute Gasteiger partial charge is 0.265 e. The quantitative estimate of drug-likeness (QED) is 0.505. The fourth-order valence-electron chi connectivity index (χ4n) is 3.36. The normalized spacial score (nSPS) is 11.3. The third-order valence-electron chi connectivity index (χ3n) is 4.67. The highest BCUT2D eigenvalue weighted by Crippen LogP contribution is 2.36. The fourth-order valence-corrected chi connectivity index (χ4v) is 3.36. The van der Waals surface area contributed by atoms with Crippen LogP contribution in [-0.2, 0) is 9.63 Å². The molecule has 1 amide bonds. The van der Waals surface area contributed by atoms with Crippen LogP contribution in [0, 0.1) is 0 Å². The number of nitrogens with one attached hydrogen (secondary N) is 1. The number of fused-ring (bicyclic) bond motifs is 3. The van der Waals surface area contributed by atoms with E-state index >= 15 is 0 Å². The van der Waals surface area contributed by atoms with Gasteiger partial charge in [0.15, 0.2) is 18.1 Å². The van der Waals surface area contributed by atoms with Gasteiger partial charge in [0.05, 0.1) is 14.2 Å². The highest BCUT2D eigenvalue weighted by Gasteiger charge is 2.24. The Balaban J connectivity index is 1.46. The SMILES string of the molecule is COc1ccc(NC(=O)CON=C2c3ccccc3-c3ccccc32)cc1OC. The lowest BCUT2D eigenvalue weighted by atomic mass is 10.1. The Morgan fingerprint density at radius 2 is 1.41 bits per heavy atom. The Morgan fingerprint density at radius 3 is 2.00 bits per heavy atom. The van der Waals surface area contributed by atoms with Crippen molar-refractivity contribution in [1.82, 2.24) is 0 Å². The molecule has 0 heterocycles. The van der Waals surface area contributed by atoms with Gasteiger partial charge in [0, 0.05) is 22.9 Å². The van der Waals surface area contributed by atoms with Gasteiger partial charge in [0.2, 0.25) is 0 Å². The van der Waals surface area contributed by atoms with Crippen LogP contribution in [0.4, 0.5) is 5.69 Å². The van der Waals surface area contributed by atoms with Gasteiger partial charge in [-0.1, -0.05) is 53.7 Å². The lowest BCUT2D eigenvalue weighted by Gasteiger charge is -2.10. The molecule has 0 aliphatic heterocycles.